The molecule has 0 bridgehead atoms. The Kier molecular flexibility index (Phi) is 5.61. The van der Waals surface area contributed by atoms with Gasteiger partial charge in [-0.25, -0.2) is 0 Å². The molecule has 0 heterocycles. The summed E-state index contributed by atoms with van der Waals surface area (Å²) in [6.45, 7) is 0. The van der Waals surface area contributed by atoms with E-state index in [1.165, 1.54) is 18.2 Å². The molecule has 1 amide bonds. The molecule has 0 aliphatic heterocycles. The van der Waals surface area contributed by atoms with E-state index in [9.17, 15) is 19.7 Å². The molecule has 2 aromatic carbocycles. The SMILES string of the molecule is O=C1C=C(NNC(=O)Cc2ccc([N+](=O)[O-])cc2)C[C@H](c2ccccc2)C1. The Labute approximate surface area is 156 Å². The maximum absolute atomic E-state index is 12.1. The van der Waals surface area contributed by atoms with E-state index in [0.29, 0.717) is 24.1 Å². The lowest BCUT2D eigenvalue weighted by Crippen LogP contribution is -2.39. The van der Waals surface area contributed by atoms with Gasteiger partial charge in [0.25, 0.3) is 5.69 Å². The number of nitrogens with zero attached hydrogens (tertiary/aromatic N) is 1. The minimum Gasteiger partial charge on any atom is -0.303 e. The zero-order valence-corrected chi connectivity index (χ0v) is 14.6. The molecule has 2 aromatic rings. The molecule has 0 spiro atoms. The molecule has 0 saturated heterocycles. The molecule has 138 valence electrons. The van der Waals surface area contributed by atoms with E-state index >= 15 is 0 Å². The van der Waals surface area contributed by atoms with Crippen LogP contribution in [0.5, 0.6) is 0 Å². The normalized spacial score (nSPS) is 16.4. The maximum atomic E-state index is 12.1. The van der Waals surface area contributed by atoms with E-state index in [1.54, 1.807) is 12.1 Å². The van der Waals surface area contributed by atoms with E-state index in [1.807, 2.05) is 30.3 Å². The van der Waals surface area contributed by atoms with Crippen LogP contribution in [0.2, 0.25) is 0 Å². The third-order valence-electron chi connectivity index (χ3n) is 4.39. The largest absolute Gasteiger partial charge is 0.303 e. The smallest absolute Gasteiger partial charge is 0.269 e. The highest BCUT2D eigenvalue weighted by molar-refractivity contribution is 5.92. The van der Waals surface area contributed by atoms with Crippen LogP contribution in [-0.2, 0) is 16.0 Å². The third kappa shape index (κ3) is 5.01. The van der Waals surface area contributed by atoms with Crippen molar-refractivity contribution < 1.29 is 14.5 Å². The molecule has 0 radical (unpaired) electrons. The van der Waals surface area contributed by atoms with E-state index in [2.05, 4.69) is 10.9 Å². The van der Waals surface area contributed by atoms with Crippen molar-refractivity contribution in [2.45, 2.75) is 25.2 Å². The molecular weight excluding hydrogens is 346 g/mol. The molecule has 2 N–H and O–H groups in total. The van der Waals surface area contributed by atoms with Gasteiger partial charge in [-0.2, -0.15) is 0 Å². The summed E-state index contributed by atoms with van der Waals surface area (Å²) in [5.74, 6) is -0.195. The van der Waals surface area contributed by atoms with Crippen LogP contribution >= 0.6 is 0 Å². The first-order valence-corrected chi connectivity index (χ1v) is 8.58. The Morgan fingerprint density at radius 1 is 1.07 bits per heavy atom. The van der Waals surface area contributed by atoms with Crippen molar-refractivity contribution in [3.05, 3.63) is 87.6 Å². The minimum absolute atomic E-state index is 0.0159. The summed E-state index contributed by atoms with van der Waals surface area (Å²) in [6.07, 6.45) is 2.68. The number of nitro benzene ring substituents is 1. The van der Waals surface area contributed by atoms with Crippen molar-refractivity contribution in [1.29, 1.82) is 0 Å². The fraction of sp³-hybridized carbons (Fsp3) is 0.200. The topological polar surface area (TPSA) is 101 Å². The number of non-ortho nitro benzene ring substituents is 1. The lowest BCUT2D eigenvalue weighted by Gasteiger charge is -2.23. The van der Waals surface area contributed by atoms with E-state index in [4.69, 9.17) is 0 Å². The second kappa shape index (κ2) is 8.27. The van der Waals surface area contributed by atoms with Gasteiger partial charge in [-0.1, -0.05) is 42.5 Å². The summed E-state index contributed by atoms with van der Waals surface area (Å²) in [4.78, 5) is 34.2. The number of hydrogen-bond donors (Lipinski definition) is 2. The first kappa shape index (κ1) is 18.3. The summed E-state index contributed by atoms with van der Waals surface area (Å²) in [5.41, 5.74) is 7.82. The number of allylic oxidation sites excluding steroid dienone is 2. The van der Waals surface area contributed by atoms with Crippen LogP contribution in [0.1, 0.15) is 29.9 Å². The minimum atomic E-state index is -0.485. The number of nitrogens with one attached hydrogen (secondary N) is 2. The fourth-order valence-electron chi connectivity index (χ4n) is 3.06. The molecule has 7 heteroatoms. The molecule has 1 aliphatic carbocycles. The van der Waals surface area contributed by atoms with Gasteiger partial charge in [-0.15, -0.1) is 0 Å². The predicted molar refractivity (Wildman–Crippen MR) is 99.6 cm³/mol. The highest BCUT2D eigenvalue weighted by Gasteiger charge is 2.22. The second-order valence-electron chi connectivity index (χ2n) is 6.43. The molecule has 1 aliphatic rings. The van der Waals surface area contributed by atoms with Gasteiger partial charge in [-0.3, -0.25) is 25.1 Å². The van der Waals surface area contributed by atoms with E-state index in [0.717, 1.165) is 5.56 Å². The van der Waals surface area contributed by atoms with Crippen LogP contribution in [0.25, 0.3) is 0 Å². The molecular formula is C20H19N3O4. The Hall–Kier alpha value is -3.48. The number of hydrogen-bond acceptors (Lipinski definition) is 5. The van der Waals surface area contributed by atoms with Gasteiger partial charge in [-0.05, 0) is 23.5 Å². The van der Waals surface area contributed by atoms with Crippen molar-refractivity contribution in [2.24, 2.45) is 0 Å². The van der Waals surface area contributed by atoms with Gasteiger partial charge in [0, 0.05) is 30.3 Å². The molecule has 0 aromatic heterocycles. The summed E-state index contributed by atoms with van der Waals surface area (Å²) in [7, 11) is 0. The zero-order valence-electron chi connectivity index (χ0n) is 14.6. The van der Waals surface area contributed by atoms with Crippen LogP contribution in [0.15, 0.2) is 66.4 Å². The van der Waals surface area contributed by atoms with Gasteiger partial charge in [0.05, 0.1) is 11.3 Å². The van der Waals surface area contributed by atoms with Crippen LogP contribution in [-0.4, -0.2) is 16.6 Å². The number of carbonyl (C=O) groups excluding carboxylic acids is 2. The number of amides is 1. The predicted octanol–water partition coefficient (Wildman–Crippen LogP) is 2.79. The molecule has 7 nitrogen and oxygen atoms in total. The van der Waals surface area contributed by atoms with Crippen molar-refractivity contribution in [3.8, 4) is 0 Å². The quantitative estimate of drug-likeness (QED) is 0.605. The van der Waals surface area contributed by atoms with Crippen LogP contribution in [0, 0.1) is 10.1 Å². The lowest BCUT2D eigenvalue weighted by molar-refractivity contribution is -0.384. The molecule has 3 rings (SSSR count). The number of nitro groups is 1. The number of carbonyl (C=O) groups is 2. The zero-order chi connectivity index (χ0) is 19.2. The average Bonchev–Trinajstić information content (AvgIpc) is 2.67. The van der Waals surface area contributed by atoms with Gasteiger partial charge < -0.3 is 5.43 Å². The molecule has 0 fully saturated rings. The monoisotopic (exact) mass is 365 g/mol. The highest BCUT2D eigenvalue weighted by atomic mass is 16.6. The van der Waals surface area contributed by atoms with Crippen LogP contribution in [0.4, 0.5) is 5.69 Å². The third-order valence-corrected chi connectivity index (χ3v) is 4.39. The number of hydrazine groups is 1. The van der Waals surface area contributed by atoms with Crippen molar-refractivity contribution in [1.82, 2.24) is 10.9 Å². The van der Waals surface area contributed by atoms with E-state index < -0.39 is 4.92 Å². The van der Waals surface area contributed by atoms with Crippen molar-refractivity contribution in [3.63, 3.8) is 0 Å². The van der Waals surface area contributed by atoms with Crippen LogP contribution < -0.4 is 10.9 Å². The van der Waals surface area contributed by atoms with Crippen molar-refractivity contribution in [2.75, 3.05) is 0 Å². The summed E-state index contributed by atoms with van der Waals surface area (Å²) in [6, 6.07) is 15.6. The first-order chi connectivity index (χ1) is 13.0. The second-order valence-corrected chi connectivity index (χ2v) is 6.43. The Morgan fingerprint density at radius 2 is 1.78 bits per heavy atom. The molecule has 1 atom stereocenters. The van der Waals surface area contributed by atoms with Gasteiger partial charge in [0.2, 0.25) is 5.91 Å². The van der Waals surface area contributed by atoms with Gasteiger partial charge in [0.15, 0.2) is 5.78 Å². The van der Waals surface area contributed by atoms with Crippen molar-refractivity contribution >= 4 is 17.4 Å². The summed E-state index contributed by atoms with van der Waals surface area (Å²) < 4.78 is 0. The van der Waals surface area contributed by atoms with Gasteiger partial charge in [0.1, 0.15) is 0 Å². The summed E-state index contributed by atoms with van der Waals surface area (Å²) in [5, 5.41) is 10.7. The number of benzene rings is 2. The first-order valence-electron chi connectivity index (χ1n) is 8.58. The number of rotatable bonds is 6. The lowest BCUT2D eigenvalue weighted by atomic mass is 9.86. The standard InChI is InChI=1S/C20H19N3O4/c24-19-12-16(15-4-2-1-3-5-15)11-17(13-19)21-22-20(25)10-14-6-8-18(9-7-14)23(26)27/h1-9,13,16,21H,10-12H2,(H,22,25)/t16-/m0/s1. The van der Waals surface area contributed by atoms with Crippen LogP contribution in [0.3, 0.4) is 0 Å². The molecule has 0 unspecified atom stereocenters. The maximum Gasteiger partial charge on any atom is 0.269 e. The Balaban J connectivity index is 1.55. The molecule has 0 saturated carbocycles. The Morgan fingerprint density at radius 3 is 2.44 bits per heavy atom. The summed E-state index contributed by atoms with van der Waals surface area (Å²) >= 11 is 0. The highest BCUT2D eigenvalue weighted by Crippen LogP contribution is 2.29. The molecule has 27 heavy (non-hydrogen) atoms. The average molecular weight is 365 g/mol. The number of ketones is 1. The van der Waals surface area contributed by atoms with Gasteiger partial charge >= 0.3 is 0 Å². The van der Waals surface area contributed by atoms with E-state index in [-0.39, 0.29) is 29.7 Å². The Bertz CT molecular complexity index is 876. The fourth-order valence-corrected chi connectivity index (χ4v) is 3.06.